The highest BCUT2D eigenvalue weighted by Gasteiger charge is 2.26. The molecule has 0 saturated heterocycles. The van der Waals surface area contributed by atoms with Crippen molar-refractivity contribution in [1.82, 2.24) is 15.3 Å². The van der Waals surface area contributed by atoms with E-state index in [2.05, 4.69) is 20.6 Å². The highest BCUT2D eigenvalue weighted by atomic mass is 32.1. The van der Waals surface area contributed by atoms with Crippen molar-refractivity contribution < 1.29 is 4.79 Å². The van der Waals surface area contributed by atoms with Crippen LogP contribution in [0.1, 0.15) is 53.2 Å². The molecule has 2 aliphatic rings. The molecule has 1 amide bonds. The number of anilines is 1. The standard InChI is InChI=1S/C17H23N5OS/c1-19-9-5-7-10(8-6-9)20-15-13-11-3-2-4-12(11)24-17(13)22-16(21-15)14(18)23/h9-10,19H,2-8H2,1H3,(H2,18,23)(H,20,21,22). The highest BCUT2D eigenvalue weighted by molar-refractivity contribution is 7.19. The third-order valence-electron chi connectivity index (χ3n) is 5.26. The van der Waals surface area contributed by atoms with Crippen LogP contribution in [0, 0.1) is 0 Å². The second kappa shape index (κ2) is 6.29. The number of thiophene rings is 1. The normalized spacial score (nSPS) is 23.4. The molecule has 0 unspecified atom stereocenters. The van der Waals surface area contributed by atoms with Gasteiger partial charge in [-0.1, -0.05) is 0 Å². The van der Waals surface area contributed by atoms with Crippen LogP contribution in [0.5, 0.6) is 0 Å². The SMILES string of the molecule is CNC1CCC(Nc2nc(C(N)=O)nc3sc4c(c23)CCC4)CC1. The molecule has 0 radical (unpaired) electrons. The monoisotopic (exact) mass is 345 g/mol. The van der Waals surface area contributed by atoms with Crippen LogP contribution in [0.15, 0.2) is 0 Å². The third-order valence-corrected chi connectivity index (χ3v) is 6.45. The molecule has 2 aromatic heterocycles. The van der Waals surface area contributed by atoms with E-state index in [-0.39, 0.29) is 5.82 Å². The number of carbonyl (C=O) groups excluding carboxylic acids is 1. The van der Waals surface area contributed by atoms with Crippen LogP contribution in [0.3, 0.4) is 0 Å². The number of aromatic nitrogens is 2. The Morgan fingerprint density at radius 3 is 2.62 bits per heavy atom. The van der Waals surface area contributed by atoms with Gasteiger partial charge in [-0.15, -0.1) is 11.3 Å². The van der Waals surface area contributed by atoms with Crippen LogP contribution in [0.4, 0.5) is 5.82 Å². The number of hydrogen-bond donors (Lipinski definition) is 3. The molecule has 4 rings (SSSR count). The zero-order valence-electron chi connectivity index (χ0n) is 13.9. The Bertz CT molecular complexity index is 779. The number of hydrogen-bond acceptors (Lipinski definition) is 6. The van der Waals surface area contributed by atoms with Gasteiger partial charge in [0.1, 0.15) is 10.6 Å². The van der Waals surface area contributed by atoms with Crippen molar-refractivity contribution in [2.75, 3.05) is 12.4 Å². The van der Waals surface area contributed by atoms with Crippen molar-refractivity contribution in [3.63, 3.8) is 0 Å². The lowest BCUT2D eigenvalue weighted by molar-refractivity contribution is 0.0991. The van der Waals surface area contributed by atoms with Crippen molar-refractivity contribution in [3.8, 4) is 0 Å². The smallest absolute Gasteiger partial charge is 0.286 e. The van der Waals surface area contributed by atoms with Gasteiger partial charge in [-0.05, 0) is 57.6 Å². The Labute approximate surface area is 145 Å². The molecule has 0 aliphatic heterocycles. The molecule has 0 atom stereocenters. The molecule has 128 valence electrons. The van der Waals surface area contributed by atoms with E-state index in [9.17, 15) is 4.79 Å². The molecule has 2 aromatic rings. The van der Waals surface area contributed by atoms with Gasteiger partial charge in [0.2, 0.25) is 5.82 Å². The fraction of sp³-hybridized carbons (Fsp3) is 0.588. The van der Waals surface area contributed by atoms with Gasteiger partial charge in [-0.3, -0.25) is 4.79 Å². The molecule has 4 N–H and O–H groups in total. The molecule has 2 heterocycles. The first-order valence-electron chi connectivity index (χ1n) is 8.71. The molecular formula is C17H23N5OS. The minimum absolute atomic E-state index is 0.119. The average Bonchev–Trinajstić information content (AvgIpc) is 3.15. The maximum Gasteiger partial charge on any atom is 0.286 e. The highest BCUT2D eigenvalue weighted by Crippen LogP contribution is 2.40. The van der Waals surface area contributed by atoms with Crippen molar-refractivity contribution in [1.29, 1.82) is 0 Å². The van der Waals surface area contributed by atoms with Gasteiger partial charge < -0.3 is 16.4 Å². The lowest BCUT2D eigenvalue weighted by atomic mass is 9.91. The molecule has 7 heteroatoms. The summed E-state index contributed by atoms with van der Waals surface area (Å²) in [6, 6.07) is 1.01. The fourth-order valence-electron chi connectivity index (χ4n) is 3.93. The average molecular weight is 345 g/mol. The number of fused-ring (bicyclic) bond motifs is 3. The van der Waals surface area contributed by atoms with Gasteiger partial charge in [0, 0.05) is 17.0 Å². The Hall–Kier alpha value is -1.73. The van der Waals surface area contributed by atoms with Crippen LogP contribution >= 0.6 is 11.3 Å². The van der Waals surface area contributed by atoms with Crippen molar-refractivity contribution >= 4 is 33.3 Å². The van der Waals surface area contributed by atoms with E-state index in [1.165, 1.54) is 16.9 Å². The Balaban J connectivity index is 1.69. The van der Waals surface area contributed by atoms with Gasteiger partial charge >= 0.3 is 0 Å². The minimum Gasteiger partial charge on any atom is -0.367 e. The number of carbonyl (C=O) groups is 1. The minimum atomic E-state index is -0.563. The maximum atomic E-state index is 11.6. The number of nitrogens with zero attached hydrogens (tertiary/aromatic N) is 2. The molecule has 0 bridgehead atoms. The molecule has 1 saturated carbocycles. The van der Waals surface area contributed by atoms with Crippen LogP contribution in [-0.2, 0) is 12.8 Å². The second-order valence-electron chi connectivity index (χ2n) is 6.78. The summed E-state index contributed by atoms with van der Waals surface area (Å²) >= 11 is 1.69. The lowest BCUT2D eigenvalue weighted by Crippen LogP contribution is -2.35. The second-order valence-corrected chi connectivity index (χ2v) is 7.86. The molecule has 2 aliphatic carbocycles. The van der Waals surface area contributed by atoms with Gasteiger partial charge in [0.25, 0.3) is 5.91 Å². The topological polar surface area (TPSA) is 92.9 Å². The summed E-state index contributed by atoms with van der Waals surface area (Å²) in [6.45, 7) is 0. The van der Waals surface area contributed by atoms with Crippen LogP contribution < -0.4 is 16.4 Å². The number of rotatable bonds is 4. The summed E-state index contributed by atoms with van der Waals surface area (Å²) in [7, 11) is 2.03. The zero-order valence-corrected chi connectivity index (χ0v) is 14.7. The van der Waals surface area contributed by atoms with Gasteiger partial charge in [-0.2, -0.15) is 0 Å². The van der Waals surface area contributed by atoms with Crippen molar-refractivity contribution in [2.45, 2.75) is 57.0 Å². The number of nitrogens with one attached hydrogen (secondary N) is 2. The Kier molecular flexibility index (Phi) is 4.14. The van der Waals surface area contributed by atoms with Crippen LogP contribution in [-0.4, -0.2) is 35.0 Å². The summed E-state index contributed by atoms with van der Waals surface area (Å²) < 4.78 is 0. The Morgan fingerprint density at radius 2 is 1.92 bits per heavy atom. The summed E-state index contributed by atoms with van der Waals surface area (Å²) in [5.41, 5.74) is 6.81. The van der Waals surface area contributed by atoms with Crippen LogP contribution in [0.2, 0.25) is 0 Å². The van der Waals surface area contributed by atoms with E-state index in [4.69, 9.17) is 5.73 Å². The van der Waals surface area contributed by atoms with E-state index in [1.807, 2.05) is 7.05 Å². The van der Waals surface area contributed by atoms with E-state index in [0.29, 0.717) is 12.1 Å². The van der Waals surface area contributed by atoms with Gasteiger partial charge in [0.15, 0.2) is 0 Å². The van der Waals surface area contributed by atoms with Crippen molar-refractivity contribution in [3.05, 3.63) is 16.3 Å². The number of aryl methyl sites for hydroxylation is 2. The largest absolute Gasteiger partial charge is 0.367 e. The van der Waals surface area contributed by atoms with Crippen molar-refractivity contribution in [2.24, 2.45) is 5.73 Å². The molecular weight excluding hydrogens is 322 g/mol. The summed E-state index contributed by atoms with van der Waals surface area (Å²) in [5.74, 6) is 0.363. The summed E-state index contributed by atoms with van der Waals surface area (Å²) in [4.78, 5) is 22.8. The van der Waals surface area contributed by atoms with Gasteiger partial charge in [0.05, 0.1) is 5.39 Å². The number of primary amides is 1. The van der Waals surface area contributed by atoms with E-state index >= 15 is 0 Å². The quantitative estimate of drug-likeness (QED) is 0.790. The summed E-state index contributed by atoms with van der Waals surface area (Å²) in [5, 5.41) is 8.08. The molecule has 24 heavy (non-hydrogen) atoms. The molecule has 0 spiro atoms. The fourth-order valence-corrected chi connectivity index (χ4v) is 5.19. The zero-order chi connectivity index (χ0) is 16.7. The maximum absolute atomic E-state index is 11.6. The molecule has 6 nitrogen and oxygen atoms in total. The van der Waals surface area contributed by atoms with E-state index in [0.717, 1.165) is 54.6 Å². The summed E-state index contributed by atoms with van der Waals surface area (Å²) in [6.07, 6.45) is 7.91. The molecule has 1 fully saturated rings. The predicted molar refractivity (Wildman–Crippen MR) is 96.7 cm³/mol. The first-order chi connectivity index (χ1) is 11.7. The number of nitrogens with two attached hydrogens (primary N) is 1. The third kappa shape index (κ3) is 2.75. The lowest BCUT2D eigenvalue weighted by Gasteiger charge is -2.29. The van der Waals surface area contributed by atoms with E-state index < -0.39 is 5.91 Å². The predicted octanol–water partition coefficient (Wildman–Crippen LogP) is 2.22. The Morgan fingerprint density at radius 1 is 1.17 bits per heavy atom. The number of amides is 1. The van der Waals surface area contributed by atoms with E-state index in [1.54, 1.807) is 11.3 Å². The van der Waals surface area contributed by atoms with Gasteiger partial charge in [-0.25, -0.2) is 9.97 Å². The van der Waals surface area contributed by atoms with Crippen LogP contribution in [0.25, 0.3) is 10.2 Å². The first kappa shape index (κ1) is 15.8. The first-order valence-corrected chi connectivity index (χ1v) is 9.53. The molecule has 0 aromatic carbocycles.